The van der Waals surface area contributed by atoms with Gasteiger partial charge < -0.3 is 0 Å². The first-order valence-electron chi connectivity index (χ1n) is 9.15. The maximum atomic E-state index is 12.9. The Hall–Kier alpha value is -2.30. The van der Waals surface area contributed by atoms with E-state index in [-0.39, 0.29) is 17.2 Å². The fourth-order valence-corrected chi connectivity index (χ4v) is 6.08. The molecule has 2 heterocycles. The van der Waals surface area contributed by atoms with Gasteiger partial charge in [-0.15, -0.1) is 11.3 Å². The summed E-state index contributed by atoms with van der Waals surface area (Å²) < 4.78 is 40.0. The summed E-state index contributed by atoms with van der Waals surface area (Å²) in [5.74, 6) is -1.82. The third-order valence-corrected chi connectivity index (χ3v) is 8.00. The largest absolute Gasteiger partial charge is 0.273 e. The molecular formula is C19H22FN3O4S2. The van der Waals surface area contributed by atoms with E-state index in [1.54, 1.807) is 12.1 Å². The number of piperidine rings is 1. The van der Waals surface area contributed by atoms with Gasteiger partial charge in [0.05, 0.1) is 12.3 Å². The molecule has 29 heavy (non-hydrogen) atoms. The fraction of sp³-hybridized carbons (Fsp3) is 0.368. The number of hydrazine groups is 1. The molecule has 0 spiro atoms. The summed E-state index contributed by atoms with van der Waals surface area (Å²) in [5.41, 5.74) is 5.31. The molecule has 3 rings (SSSR count). The molecule has 2 N–H and O–H groups in total. The number of carbonyl (C=O) groups is 2. The highest BCUT2D eigenvalue weighted by atomic mass is 32.2. The zero-order valence-electron chi connectivity index (χ0n) is 15.9. The van der Waals surface area contributed by atoms with Crippen LogP contribution in [0.15, 0.2) is 40.6 Å². The number of nitrogens with zero attached hydrogens (tertiary/aromatic N) is 1. The molecule has 0 unspecified atom stereocenters. The van der Waals surface area contributed by atoms with Crippen LogP contribution in [-0.2, 0) is 26.0 Å². The van der Waals surface area contributed by atoms with Crippen molar-refractivity contribution in [3.8, 4) is 0 Å². The molecule has 1 aromatic heterocycles. The number of carbonyl (C=O) groups excluding carboxylic acids is 2. The average molecular weight is 440 g/mol. The van der Waals surface area contributed by atoms with Gasteiger partial charge in [-0.05, 0) is 49.6 Å². The lowest BCUT2D eigenvalue weighted by molar-refractivity contribution is -0.131. The van der Waals surface area contributed by atoms with Crippen LogP contribution in [0.1, 0.15) is 23.3 Å². The van der Waals surface area contributed by atoms with Crippen LogP contribution in [0.2, 0.25) is 0 Å². The van der Waals surface area contributed by atoms with Gasteiger partial charge in [-0.2, -0.15) is 4.31 Å². The molecule has 1 saturated heterocycles. The number of thiophene rings is 1. The summed E-state index contributed by atoms with van der Waals surface area (Å²) in [6, 6.07) is 8.83. The Morgan fingerprint density at radius 3 is 2.55 bits per heavy atom. The van der Waals surface area contributed by atoms with Crippen molar-refractivity contribution in [1.29, 1.82) is 0 Å². The van der Waals surface area contributed by atoms with E-state index < -0.39 is 33.6 Å². The van der Waals surface area contributed by atoms with E-state index in [0.29, 0.717) is 24.9 Å². The van der Waals surface area contributed by atoms with Crippen molar-refractivity contribution in [3.63, 3.8) is 0 Å². The van der Waals surface area contributed by atoms with E-state index >= 15 is 0 Å². The lowest BCUT2D eigenvalue weighted by Crippen LogP contribution is -2.50. The minimum absolute atomic E-state index is 0.0105. The number of hydrogen-bond donors (Lipinski definition) is 2. The molecule has 10 heteroatoms. The Morgan fingerprint density at radius 1 is 1.17 bits per heavy atom. The summed E-state index contributed by atoms with van der Waals surface area (Å²) in [5, 5.41) is 0. The van der Waals surface area contributed by atoms with E-state index in [4.69, 9.17) is 0 Å². The molecule has 2 amide bonds. The van der Waals surface area contributed by atoms with E-state index in [0.717, 1.165) is 4.88 Å². The first-order valence-corrected chi connectivity index (χ1v) is 11.4. The summed E-state index contributed by atoms with van der Waals surface area (Å²) in [6.07, 6.45) is 1.09. The maximum absolute atomic E-state index is 12.9. The molecule has 1 fully saturated rings. The molecule has 7 nitrogen and oxygen atoms in total. The highest BCUT2D eigenvalue weighted by Crippen LogP contribution is 2.28. The fourth-order valence-electron chi connectivity index (χ4n) is 3.12. The summed E-state index contributed by atoms with van der Waals surface area (Å²) in [4.78, 5) is 25.3. The number of benzene rings is 1. The molecular weight excluding hydrogens is 417 g/mol. The SMILES string of the molecule is Cc1ccc(S(=O)(=O)N2CCC[C@@H](C(=O)NNC(=O)Cc3ccc(F)cc3)C2)s1. The van der Waals surface area contributed by atoms with Crippen molar-refractivity contribution in [2.24, 2.45) is 5.92 Å². The van der Waals surface area contributed by atoms with E-state index in [1.807, 2.05) is 6.92 Å². The third-order valence-electron chi connectivity index (χ3n) is 4.67. The van der Waals surface area contributed by atoms with E-state index in [9.17, 15) is 22.4 Å². The Balaban J connectivity index is 1.54. The van der Waals surface area contributed by atoms with Gasteiger partial charge >= 0.3 is 0 Å². The summed E-state index contributed by atoms with van der Waals surface area (Å²) in [6.45, 7) is 2.27. The molecule has 1 atom stereocenters. The Bertz CT molecular complexity index is 989. The normalized spacial score (nSPS) is 17.7. The van der Waals surface area contributed by atoms with Gasteiger partial charge in [0.15, 0.2) is 0 Å². The van der Waals surface area contributed by atoms with Crippen molar-refractivity contribution < 1.29 is 22.4 Å². The third kappa shape index (κ3) is 5.40. The quantitative estimate of drug-likeness (QED) is 0.697. The topological polar surface area (TPSA) is 95.6 Å². The lowest BCUT2D eigenvalue weighted by atomic mass is 9.99. The van der Waals surface area contributed by atoms with Crippen molar-refractivity contribution in [1.82, 2.24) is 15.2 Å². The summed E-state index contributed by atoms with van der Waals surface area (Å²) in [7, 11) is -3.63. The van der Waals surface area contributed by atoms with Crippen LogP contribution in [0.4, 0.5) is 4.39 Å². The number of sulfonamides is 1. The van der Waals surface area contributed by atoms with Gasteiger partial charge in [-0.3, -0.25) is 20.4 Å². The van der Waals surface area contributed by atoms with Crippen LogP contribution in [-0.4, -0.2) is 37.6 Å². The minimum Gasteiger partial charge on any atom is -0.273 e. The van der Waals surface area contributed by atoms with E-state index in [1.165, 1.54) is 39.9 Å². The van der Waals surface area contributed by atoms with Gasteiger partial charge in [0.2, 0.25) is 11.8 Å². The number of amides is 2. The minimum atomic E-state index is -3.63. The van der Waals surface area contributed by atoms with E-state index in [2.05, 4.69) is 10.9 Å². The Kier molecular flexibility index (Phi) is 6.66. The maximum Gasteiger partial charge on any atom is 0.252 e. The van der Waals surface area contributed by atoms with Crippen LogP contribution in [0, 0.1) is 18.7 Å². The molecule has 1 aromatic carbocycles. The zero-order valence-corrected chi connectivity index (χ0v) is 17.5. The summed E-state index contributed by atoms with van der Waals surface area (Å²) >= 11 is 1.20. The number of hydrogen-bond acceptors (Lipinski definition) is 5. The first kappa shape index (κ1) is 21.4. The van der Waals surface area contributed by atoms with Gasteiger partial charge in [-0.1, -0.05) is 12.1 Å². The van der Waals surface area contributed by atoms with Gasteiger partial charge in [-0.25, -0.2) is 12.8 Å². The number of nitrogens with one attached hydrogen (secondary N) is 2. The predicted octanol–water partition coefficient (Wildman–Crippen LogP) is 1.99. The second-order valence-electron chi connectivity index (χ2n) is 6.91. The molecule has 0 radical (unpaired) electrons. The average Bonchev–Trinajstić information content (AvgIpc) is 3.15. The molecule has 156 valence electrons. The number of rotatable bonds is 5. The molecule has 0 saturated carbocycles. The molecule has 2 aromatic rings. The van der Waals surface area contributed by atoms with Crippen LogP contribution in [0.5, 0.6) is 0 Å². The zero-order chi connectivity index (χ0) is 21.0. The monoisotopic (exact) mass is 439 g/mol. The highest BCUT2D eigenvalue weighted by molar-refractivity contribution is 7.91. The van der Waals surface area contributed by atoms with Crippen LogP contribution in [0.25, 0.3) is 0 Å². The van der Waals surface area contributed by atoms with Crippen molar-refractivity contribution in [2.75, 3.05) is 13.1 Å². The van der Waals surface area contributed by atoms with Crippen LogP contribution >= 0.6 is 11.3 Å². The smallest absolute Gasteiger partial charge is 0.252 e. The van der Waals surface area contributed by atoms with Crippen molar-refractivity contribution in [2.45, 2.75) is 30.4 Å². The Labute approximate surface area is 172 Å². The molecule has 1 aliphatic rings. The molecule has 0 aliphatic carbocycles. The van der Waals surface area contributed by atoms with Gasteiger partial charge in [0.25, 0.3) is 10.0 Å². The van der Waals surface area contributed by atoms with Crippen molar-refractivity contribution in [3.05, 3.63) is 52.7 Å². The number of halogens is 1. The molecule has 0 bridgehead atoms. The predicted molar refractivity (Wildman–Crippen MR) is 107 cm³/mol. The highest BCUT2D eigenvalue weighted by Gasteiger charge is 2.34. The first-order chi connectivity index (χ1) is 13.8. The lowest BCUT2D eigenvalue weighted by Gasteiger charge is -2.30. The second kappa shape index (κ2) is 9.02. The van der Waals surface area contributed by atoms with Gasteiger partial charge in [0, 0.05) is 18.0 Å². The standard InChI is InChI=1S/C19H22FN3O4S2/c1-13-4-9-18(28-13)29(26,27)23-10-2-3-15(12-23)19(25)22-21-17(24)11-14-5-7-16(20)8-6-14/h4-9,15H,2-3,10-12H2,1H3,(H,21,24)(H,22,25)/t15-/m1/s1. The number of aryl methyl sites for hydroxylation is 1. The van der Waals surface area contributed by atoms with Crippen LogP contribution < -0.4 is 10.9 Å². The Morgan fingerprint density at radius 2 is 1.90 bits per heavy atom. The van der Waals surface area contributed by atoms with Crippen LogP contribution in [0.3, 0.4) is 0 Å². The van der Waals surface area contributed by atoms with Gasteiger partial charge in [0.1, 0.15) is 10.0 Å². The second-order valence-corrected chi connectivity index (χ2v) is 10.4. The molecule has 1 aliphatic heterocycles. The van der Waals surface area contributed by atoms with Crippen molar-refractivity contribution >= 4 is 33.2 Å².